The summed E-state index contributed by atoms with van der Waals surface area (Å²) >= 11 is 0. The minimum Gasteiger partial charge on any atom is -0.316 e. The van der Waals surface area contributed by atoms with Crippen molar-refractivity contribution in [3.8, 4) is 0 Å². The van der Waals surface area contributed by atoms with E-state index in [2.05, 4.69) is 38.0 Å². The molecule has 0 radical (unpaired) electrons. The summed E-state index contributed by atoms with van der Waals surface area (Å²) in [5.74, 6) is 0.900. The van der Waals surface area contributed by atoms with E-state index in [0.717, 1.165) is 5.92 Å². The number of rotatable bonds is 3. The van der Waals surface area contributed by atoms with Gasteiger partial charge in [-0.05, 0) is 18.4 Å². The Kier molecular flexibility index (Phi) is 3.13. The summed E-state index contributed by atoms with van der Waals surface area (Å²) in [6.07, 6.45) is 0. The summed E-state index contributed by atoms with van der Waals surface area (Å²) in [6.45, 7) is 11.8. The van der Waals surface area contributed by atoms with E-state index >= 15 is 0 Å². The molecule has 0 amide bonds. The van der Waals surface area contributed by atoms with E-state index in [1.807, 2.05) is 0 Å². The minimum atomic E-state index is 0.436. The van der Waals surface area contributed by atoms with Crippen molar-refractivity contribution in [1.29, 1.82) is 0 Å². The Labute approximate surface area is 76.3 Å². The molecular formula is C10H22N2. The van der Waals surface area contributed by atoms with Crippen molar-refractivity contribution in [3.63, 3.8) is 0 Å². The highest BCUT2D eigenvalue weighted by Crippen LogP contribution is 2.15. The molecule has 0 spiro atoms. The van der Waals surface area contributed by atoms with Crippen molar-refractivity contribution in [3.05, 3.63) is 0 Å². The van der Waals surface area contributed by atoms with Crippen molar-refractivity contribution >= 4 is 0 Å². The molecule has 0 saturated carbocycles. The first-order valence-corrected chi connectivity index (χ1v) is 4.87. The Morgan fingerprint density at radius 3 is 2.25 bits per heavy atom. The van der Waals surface area contributed by atoms with Gasteiger partial charge in [0, 0.05) is 26.2 Å². The fraction of sp³-hybridized carbons (Fsp3) is 1.00. The van der Waals surface area contributed by atoms with Crippen molar-refractivity contribution in [2.24, 2.45) is 11.3 Å². The van der Waals surface area contributed by atoms with Crippen molar-refractivity contribution in [2.45, 2.75) is 20.8 Å². The molecule has 12 heavy (non-hydrogen) atoms. The topological polar surface area (TPSA) is 15.3 Å². The van der Waals surface area contributed by atoms with E-state index in [1.54, 1.807) is 0 Å². The second kappa shape index (κ2) is 3.75. The highest BCUT2D eigenvalue weighted by molar-refractivity contribution is 4.78. The van der Waals surface area contributed by atoms with Crippen molar-refractivity contribution in [1.82, 2.24) is 10.2 Å². The van der Waals surface area contributed by atoms with Crippen LogP contribution in [0, 0.1) is 11.3 Å². The lowest BCUT2D eigenvalue weighted by atomic mass is 9.95. The lowest BCUT2D eigenvalue weighted by molar-refractivity contribution is 0.174. The Morgan fingerprint density at radius 1 is 1.33 bits per heavy atom. The fourth-order valence-corrected chi connectivity index (χ4v) is 1.79. The number of hydrogen-bond donors (Lipinski definition) is 1. The van der Waals surface area contributed by atoms with E-state index in [-0.39, 0.29) is 0 Å². The minimum absolute atomic E-state index is 0.436. The van der Waals surface area contributed by atoms with Crippen molar-refractivity contribution in [2.75, 3.05) is 33.2 Å². The molecule has 1 N–H and O–H groups in total. The molecule has 0 atom stereocenters. The van der Waals surface area contributed by atoms with Crippen LogP contribution < -0.4 is 5.32 Å². The molecule has 0 unspecified atom stereocenters. The van der Waals surface area contributed by atoms with E-state index in [1.165, 1.54) is 26.2 Å². The first-order chi connectivity index (χ1) is 5.47. The summed E-state index contributed by atoms with van der Waals surface area (Å²) in [5, 5.41) is 3.30. The maximum atomic E-state index is 3.30. The van der Waals surface area contributed by atoms with Crippen LogP contribution in [0.25, 0.3) is 0 Å². The number of nitrogens with zero attached hydrogens (tertiary/aromatic N) is 1. The first kappa shape index (κ1) is 10.0. The molecule has 2 nitrogen and oxygen atoms in total. The molecule has 0 bridgehead atoms. The summed E-state index contributed by atoms with van der Waals surface area (Å²) in [5.41, 5.74) is 0.436. The average Bonchev–Trinajstić information content (AvgIpc) is 1.74. The third-order valence-corrected chi connectivity index (χ3v) is 2.18. The second-order valence-electron chi connectivity index (χ2n) is 5.28. The monoisotopic (exact) mass is 170 g/mol. The second-order valence-corrected chi connectivity index (χ2v) is 5.28. The van der Waals surface area contributed by atoms with Gasteiger partial charge in [0.1, 0.15) is 0 Å². The first-order valence-electron chi connectivity index (χ1n) is 4.87. The van der Waals surface area contributed by atoms with Gasteiger partial charge in [-0.1, -0.05) is 20.8 Å². The van der Waals surface area contributed by atoms with E-state index < -0.39 is 0 Å². The maximum Gasteiger partial charge on any atom is 0.00312 e. The average molecular weight is 170 g/mol. The van der Waals surface area contributed by atoms with Crippen LogP contribution in [0.3, 0.4) is 0 Å². The molecule has 0 aromatic heterocycles. The Morgan fingerprint density at radius 2 is 1.92 bits per heavy atom. The molecule has 72 valence electrons. The van der Waals surface area contributed by atoms with Crippen LogP contribution in [0.1, 0.15) is 20.8 Å². The smallest absolute Gasteiger partial charge is 0.00312 e. The van der Waals surface area contributed by atoms with Gasteiger partial charge in [0.2, 0.25) is 0 Å². The van der Waals surface area contributed by atoms with Gasteiger partial charge in [-0.25, -0.2) is 0 Å². The predicted octanol–water partition coefficient (Wildman–Crippen LogP) is 1.18. The molecule has 0 aromatic rings. The lowest BCUT2D eigenvalue weighted by Gasteiger charge is -2.34. The van der Waals surface area contributed by atoms with Gasteiger partial charge in [-0.3, -0.25) is 0 Å². The van der Waals surface area contributed by atoms with Gasteiger partial charge in [0.25, 0.3) is 0 Å². The predicted molar refractivity (Wildman–Crippen MR) is 53.3 cm³/mol. The van der Waals surface area contributed by atoms with Gasteiger partial charge in [-0.15, -0.1) is 0 Å². The highest BCUT2D eigenvalue weighted by atomic mass is 15.1. The zero-order chi connectivity index (χ0) is 9.19. The third-order valence-electron chi connectivity index (χ3n) is 2.18. The molecule has 1 rings (SSSR count). The van der Waals surface area contributed by atoms with Gasteiger partial charge in [0.15, 0.2) is 0 Å². The summed E-state index contributed by atoms with van der Waals surface area (Å²) < 4.78 is 0. The van der Waals surface area contributed by atoms with Crippen LogP contribution in [0.4, 0.5) is 0 Å². The van der Waals surface area contributed by atoms with Crippen molar-refractivity contribution < 1.29 is 0 Å². The summed E-state index contributed by atoms with van der Waals surface area (Å²) in [7, 11) is 2.23. The zero-order valence-electron chi connectivity index (χ0n) is 8.85. The van der Waals surface area contributed by atoms with Crippen LogP contribution in [-0.2, 0) is 0 Å². The van der Waals surface area contributed by atoms with Gasteiger partial charge >= 0.3 is 0 Å². The normalized spacial score (nSPS) is 19.8. The SMILES string of the molecule is CN(CC1CNC1)CC(C)(C)C. The molecular weight excluding hydrogens is 148 g/mol. The largest absolute Gasteiger partial charge is 0.316 e. The molecule has 1 aliphatic heterocycles. The van der Waals surface area contributed by atoms with E-state index in [0.29, 0.717) is 5.41 Å². The quantitative estimate of drug-likeness (QED) is 0.684. The Balaban J connectivity index is 2.14. The molecule has 0 aliphatic carbocycles. The standard InChI is InChI=1S/C10H22N2/c1-10(2,3)8-12(4)7-9-5-11-6-9/h9,11H,5-8H2,1-4H3. The molecule has 1 aliphatic rings. The highest BCUT2D eigenvalue weighted by Gasteiger charge is 2.20. The molecule has 1 heterocycles. The molecule has 1 saturated heterocycles. The van der Waals surface area contributed by atoms with Gasteiger partial charge in [0.05, 0.1) is 0 Å². The van der Waals surface area contributed by atoms with E-state index in [4.69, 9.17) is 0 Å². The number of hydrogen-bond acceptors (Lipinski definition) is 2. The van der Waals surface area contributed by atoms with Crippen LogP contribution in [0.5, 0.6) is 0 Å². The van der Waals surface area contributed by atoms with Gasteiger partial charge < -0.3 is 10.2 Å². The molecule has 1 fully saturated rings. The third kappa shape index (κ3) is 3.55. The fourth-order valence-electron chi connectivity index (χ4n) is 1.79. The summed E-state index contributed by atoms with van der Waals surface area (Å²) in [6, 6.07) is 0. The number of nitrogens with one attached hydrogen (secondary N) is 1. The van der Waals surface area contributed by atoms with Gasteiger partial charge in [-0.2, -0.15) is 0 Å². The van der Waals surface area contributed by atoms with Crippen LogP contribution in [0.2, 0.25) is 0 Å². The van der Waals surface area contributed by atoms with E-state index in [9.17, 15) is 0 Å². The Bertz CT molecular complexity index is 133. The van der Waals surface area contributed by atoms with Crippen LogP contribution in [-0.4, -0.2) is 38.1 Å². The van der Waals surface area contributed by atoms with Crippen LogP contribution in [0.15, 0.2) is 0 Å². The molecule has 0 aromatic carbocycles. The van der Waals surface area contributed by atoms with Crippen LogP contribution >= 0.6 is 0 Å². The Hall–Kier alpha value is -0.0800. The molecule has 2 heteroatoms. The zero-order valence-corrected chi connectivity index (χ0v) is 8.85. The lowest BCUT2D eigenvalue weighted by Crippen LogP contribution is -2.48. The maximum absolute atomic E-state index is 3.30. The summed E-state index contributed by atoms with van der Waals surface area (Å²) in [4.78, 5) is 2.45.